The average molecular weight is 409 g/mol. The molecule has 0 saturated heterocycles. The maximum atomic E-state index is 12.5. The number of thiophene rings is 1. The summed E-state index contributed by atoms with van der Waals surface area (Å²) in [6.07, 6.45) is 0.654. The molecule has 0 spiro atoms. The van der Waals surface area contributed by atoms with Gasteiger partial charge in [0.05, 0.1) is 17.6 Å². The molecule has 0 bridgehead atoms. The first-order chi connectivity index (χ1) is 14.0. The average Bonchev–Trinajstić information content (AvgIpc) is 3.40. The van der Waals surface area contributed by atoms with E-state index in [1.165, 1.54) is 16.3 Å². The normalized spacial score (nSPS) is 13.6. The molecule has 1 aromatic carbocycles. The van der Waals surface area contributed by atoms with Crippen LogP contribution in [0.5, 0.6) is 0 Å². The van der Waals surface area contributed by atoms with Crippen LogP contribution < -0.4 is 11.0 Å². The summed E-state index contributed by atoms with van der Waals surface area (Å²) in [5.41, 5.74) is 4.07. The number of carbonyl (C=O) groups excluding carboxylic acids is 2. The van der Waals surface area contributed by atoms with Gasteiger partial charge in [0.25, 0.3) is 5.56 Å². The molecule has 1 N–H and O–H groups in total. The number of benzene rings is 1. The largest absolute Gasteiger partial charge is 0.281 e. The Bertz CT molecular complexity index is 1170. The highest BCUT2D eigenvalue weighted by Crippen LogP contribution is 2.16. The van der Waals surface area contributed by atoms with Crippen molar-refractivity contribution < 1.29 is 9.59 Å². The van der Waals surface area contributed by atoms with E-state index in [0.717, 1.165) is 16.0 Å². The first-order valence-corrected chi connectivity index (χ1v) is 10.1. The van der Waals surface area contributed by atoms with Crippen LogP contribution in [-0.2, 0) is 9.59 Å². The van der Waals surface area contributed by atoms with Gasteiger partial charge in [-0.25, -0.2) is 14.7 Å². The fourth-order valence-electron chi connectivity index (χ4n) is 3.15. The number of fused-ring (bicyclic) bond motifs is 1. The lowest BCUT2D eigenvalue weighted by Gasteiger charge is -2.13. The molecule has 0 saturated carbocycles. The second kappa shape index (κ2) is 7.96. The summed E-state index contributed by atoms with van der Waals surface area (Å²) in [6.45, 7) is 2.15. The molecule has 2 aromatic heterocycles. The highest BCUT2D eigenvalue weighted by Gasteiger charge is 2.22. The Kier molecular flexibility index (Phi) is 5.22. The molecule has 1 aliphatic rings. The first kappa shape index (κ1) is 19.0. The minimum Gasteiger partial charge on any atom is -0.273 e. The van der Waals surface area contributed by atoms with Crippen molar-refractivity contribution in [2.24, 2.45) is 5.10 Å². The van der Waals surface area contributed by atoms with Crippen LogP contribution in [0, 0.1) is 6.92 Å². The summed E-state index contributed by atoms with van der Waals surface area (Å²) >= 11 is 1.37. The number of nitrogens with zero attached hydrogens (tertiary/aromatic N) is 4. The molecule has 3 aromatic rings. The number of carbonyl (C=O) groups is 2. The van der Waals surface area contributed by atoms with Crippen molar-refractivity contribution in [2.75, 3.05) is 12.0 Å². The van der Waals surface area contributed by atoms with Crippen LogP contribution in [0.15, 0.2) is 51.7 Å². The van der Waals surface area contributed by atoms with Gasteiger partial charge in [-0.1, -0.05) is 30.3 Å². The second-order valence-electron chi connectivity index (χ2n) is 6.65. The van der Waals surface area contributed by atoms with Gasteiger partial charge in [-0.3, -0.25) is 19.8 Å². The van der Waals surface area contributed by atoms with Gasteiger partial charge in [0, 0.05) is 19.3 Å². The number of rotatable bonds is 5. The van der Waals surface area contributed by atoms with Crippen molar-refractivity contribution in [3.05, 3.63) is 63.5 Å². The van der Waals surface area contributed by atoms with Crippen LogP contribution in [0.3, 0.4) is 0 Å². The highest BCUT2D eigenvalue weighted by atomic mass is 32.1. The molecule has 0 fully saturated rings. The number of hydrogen-bond acceptors (Lipinski definition) is 6. The van der Waals surface area contributed by atoms with Crippen molar-refractivity contribution in [3.8, 4) is 0 Å². The first-order valence-electron chi connectivity index (χ1n) is 9.23. The Morgan fingerprint density at radius 2 is 1.97 bits per heavy atom. The van der Waals surface area contributed by atoms with Crippen LogP contribution in [0.25, 0.3) is 10.2 Å². The minimum absolute atomic E-state index is 0.0132. The van der Waals surface area contributed by atoms with E-state index < -0.39 is 5.91 Å². The predicted molar refractivity (Wildman–Crippen MR) is 112 cm³/mol. The van der Waals surface area contributed by atoms with Crippen LogP contribution in [0.4, 0.5) is 0 Å². The summed E-state index contributed by atoms with van der Waals surface area (Å²) in [5.74, 6) is -0.255. The van der Waals surface area contributed by atoms with Crippen molar-refractivity contribution in [1.82, 2.24) is 14.7 Å². The van der Waals surface area contributed by atoms with E-state index in [9.17, 15) is 14.4 Å². The van der Waals surface area contributed by atoms with Gasteiger partial charge in [-0.15, -0.1) is 11.3 Å². The lowest BCUT2D eigenvalue weighted by Crippen LogP contribution is -2.35. The van der Waals surface area contributed by atoms with Crippen molar-refractivity contribution in [2.45, 2.75) is 26.2 Å². The van der Waals surface area contributed by atoms with E-state index in [1.54, 1.807) is 18.4 Å². The number of hydrazone groups is 1. The third-order valence-electron chi connectivity index (χ3n) is 4.66. The van der Waals surface area contributed by atoms with Crippen LogP contribution >= 0.6 is 11.3 Å². The molecule has 2 amide bonds. The summed E-state index contributed by atoms with van der Waals surface area (Å²) < 4.78 is 1.13. The fourth-order valence-corrected chi connectivity index (χ4v) is 3.95. The molecule has 29 heavy (non-hydrogen) atoms. The zero-order chi connectivity index (χ0) is 20.4. The molecule has 0 radical (unpaired) electrons. The fraction of sp³-hybridized carbons (Fsp3) is 0.250. The minimum atomic E-state index is -0.425. The Morgan fingerprint density at radius 1 is 1.17 bits per heavy atom. The van der Waals surface area contributed by atoms with Gasteiger partial charge in [0.15, 0.2) is 0 Å². The van der Waals surface area contributed by atoms with E-state index >= 15 is 0 Å². The molecule has 0 aliphatic carbocycles. The molecule has 1 aliphatic heterocycles. The number of aromatic nitrogens is 2. The van der Waals surface area contributed by atoms with Crippen LogP contribution in [0.1, 0.15) is 30.7 Å². The lowest BCUT2D eigenvalue weighted by atomic mass is 10.1. The van der Waals surface area contributed by atoms with E-state index in [-0.39, 0.29) is 24.3 Å². The molecular formula is C20H19N5O3S. The molecular weight excluding hydrogens is 390 g/mol. The number of nitrogens with one attached hydrogen (secondary N) is 1. The third kappa shape index (κ3) is 3.95. The van der Waals surface area contributed by atoms with E-state index in [1.807, 2.05) is 30.3 Å². The molecule has 8 nitrogen and oxygen atoms in total. The number of amides is 2. The Hall–Kier alpha value is -3.33. The molecule has 0 atom stereocenters. The Balaban J connectivity index is 1.37. The molecule has 148 valence electrons. The summed E-state index contributed by atoms with van der Waals surface area (Å²) in [5, 5.41) is 8.03. The van der Waals surface area contributed by atoms with Gasteiger partial charge >= 0.3 is 0 Å². The van der Waals surface area contributed by atoms with Crippen molar-refractivity contribution in [1.29, 1.82) is 0 Å². The maximum absolute atomic E-state index is 12.5. The van der Waals surface area contributed by atoms with Gasteiger partial charge in [-0.05, 0) is 23.9 Å². The van der Waals surface area contributed by atoms with E-state index in [2.05, 4.69) is 15.5 Å². The van der Waals surface area contributed by atoms with Crippen molar-refractivity contribution in [3.63, 3.8) is 0 Å². The quantitative estimate of drug-likeness (QED) is 0.699. The van der Waals surface area contributed by atoms with E-state index in [0.29, 0.717) is 29.0 Å². The molecule has 3 heterocycles. The summed E-state index contributed by atoms with van der Waals surface area (Å²) in [6, 6.07) is 11.4. The molecule has 9 heteroatoms. The Morgan fingerprint density at radius 3 is 2.76 bits per heavy atom. The third-order valence-corrected chi connectivity index (χ3v) is 5.47. The number of aryl methyl sites for hydroxylation is 1. The van der Waals surface area contributed by atoms with Crippen molar-refractivity contribution >= 4 is 39.1 Å². The number of hydrogen-bond donors (Lipinski definition) is 1. The summed E-state index contributed by atoms with van der Waals surface area (Å²) in [4.78, 5) is 42.1. The van der Waals surface area contributed by atoms with Crippen LogP contribution in [0.2, 0.25) is 0 Å². The maximum Gasteiger partial charge on any atom is 0.281 e. The SMILES string of the molecule is Cc1nc2sccc2c(=O)n1NC(=O)CCC(=O)N1CCC(c2ccccc2)=N1. The van der Waals surface area contributed by atoms with Gasteiger partial charge in [0.2, 0.25) is 11.8 Å². The van der Waals surface area contributed by atoms with Gasteiger partial charge < -0.3 is 0 Å². The summed E-state index contributed by atoms with van der Waals surface area (Å²) in [7, 11) is 0. The van der Waals surface area contributed by atoms with Gasteiger partial charge in [0.1, 0.15) is 10.7 Å². The predicted octanol–water partition coefficient (Wildman–Crippen LogP) is 2.25. The molecule has 4 rings (SSSR count). The van der Waals surface area contributed by atoms with E-state index in [4.69, 9.17) is 0 Å². The lowest BCUT2D eigenvalue weighted by molar-refractivity contribution is -0.132. The monoisotopic (exact) mass is 409 g/mol. The smallest absolute Gasteiger partial charge is 0.273 e. The van der Waals surface area contributed by atoms with Gasteiger partial charge in [-0.2, -0.15) is 5.10 Å². The molecule has 0 unspecified atom stereocenters. The zero-order valence-corrected chi connectivity index (χ0v) is 16.6. The van der Waals surface area contributed by atoms with Crippen LogP contribution in [-0.4, -0.2) is 38.7 Å². The standard InChI is InChI=1S/C20H19N5O3S/c1-13-21-19-15(10-12-29-19)20(28)25(13)23-17(26)7-8-18(27)24-11-9-16(22-24)14-5-3-2-4-6-14/h2-6,10,12H,7-9,11H2,1H3,(H,23,26). The highest BCUT2D eigenvalue weighted by molar-refractivity contribution is 7.16. The second-order valence-corrected chi connectivity index (χ2v) is 7.55. The Labute approximate surface area is 170 Å². The topological polar surface area (TPSA) is 96.7 Å². The zero-order valence-electron chi connectivity index (χ0n) is 15.8.